The van der Waals surface area contributed by atoms with Gasteiger partial charge in [0.15, 0.2) is 0 Å². The number of nitrogens with one attached hydrogen (secondary N) is 1. The van der Waals surface area contributed by atoms with Gasteiger partial charge in [-0.05, 0) is 31.7 Å². The molecule has 2 aliphatic rings. The molecular formula is C13H19N3O3S. The van der Waals surface area contributed by atoms with Gasteiger partial charge in [0.2, 0.25) is 10.0 Å². The Balaban J connectivity index is 1.85. The monoisotopic (exact) mass is 297 g/mol. The van der Waals surface area contributed by atoms with Gasteiger partial charge in [0.1, 0.15) is 10.6 Å². The van der Waals surface area contributed by atoms with Gasteiger partial charge in [-0.2, -0.15) is 4.31 Å². The minimum absolute atomic E-state index is 0.196. The lowest BCUT2D eigenvalue weighted by atomic mass is 10.4. The van der Waals surface area contributed by atoms with E-state index in [2.05, 4.69) is 5.32 Å². The number of aromatic nitrogens is 1. The van der Waals surface area contributed by atoms with Crippen LogP contribution in [0.1, 0.15) is 36.2 Å². The first-order valence-corrected chi connectivity index (χ1v) is 8.40. The normalized spacial score (nSPS) is 20.2. The molecule has 0 spiro atoms. The summed E-state index contributed by atoms with van der Waals surface area (Å²) < 4.78 is 28.0. The molecule has 7 heteroatoms. The van der Waals surface area contributed by atoms with Gasteiger partial charge in [0.05, 0.1) is 0 Å². The van der Waals surface area contributed by atoms with E-state index in [0.29, 0.717) is 18.8 Å². The average Bonchev–Trinajstić information content (AvgIpc) is 2.93. The van der Waals surface area contributed by atoms with Crippen molar-refractivity contribution in [2.45, 2.75) is 36.6 Å². The lowest BCUT2D eigenvalue weighted by Crippen LogP contribution is -2.28. The Morgan fingerprint density at radius 1 is 1.30 bits per heavy atom. The van der Waals surface area contributed by atoms with E-state index in [1.54, 1.807) is 11.6 Å². The molecule has 1 saturated carbocycles. The minimum Gasteiger partial charge on any atom is -0.348 e. The summed E-state index contributed by atoms with van der Waals surface area (Å²) in [5.41, 5.74) is 0.398. The average molecular weight is 297 g/mol. The van der Waals surface area contributed by atoms with Gasteiger partial charge in [-0.25, -0.2) is 8.42 Å². The van der Waals surface area contributed by atoms with Gasteiger partial charge in [-0.1, -0.05) is 0 Å². The number of carbonyl (C=O) groups is 1. The van der Waals surface area contributed by atoms with Crippen LogP contribution in [0.25, 0.3) is 0 Å². The highest BCUT2D eigenvalue weighted by atomic mass is 32.2. The molecule has 1 saturated heterocycles. The van der Waals surface area contributed by atoms with Crippen LogP contribution in [0.2, 0.25) is 0 Å². The number of rotatable bonds is 4. The summed E-state index contributed by atoms with van der Waals surface area (Å²) in [6, 6.07) is 1.74. The largest absolute Gasteiger partial charge is 0.348 e. The van der Waals surface area contributed by atoms with Crippen LogP contribution in [-0.2, 0) is 17.1 Å². The predicted octanol–water partition coefficient (Wildman–Crippen LogP) is 0.702. The van der Waals surface area contributed by atoms with Crippen LogP contribution in [0.3, 0.4) is 0 Å². The lowest BCUT2D eigenvalue weighted by Gasteiger charge is -2.13. The molecule has 0 atom stereocenters. The highest BCUT2D eigenvalue weighted by Crippen LogP contribution is 2.23. The topological polar surface area (TPSA) is 71.4 Å². The number of amides is 1. The van der Waals surface area contributed by atoms with Crippen LogP contribution in [0.15, 0.2) is 17.2 Å². The summed E-state index contributed by atoms with van der Waals surface area (Å²) in [6.45, 7) is 1.14. The van der Waals surface area contributed by atoms with Gasteiger partial charge in [-0.15, -0.1) is 0 Å². The molecule has 20 heavy (non-hydrogen) atoms. The van der Waals surface area contributed by atoms with Gasteiger partial charge >= 0.3 is 0 Å². The third-order valence-corrected chi connectivity index (χ3v) is 5.69. The molecule has 1 aliphatic carbocycles. The minimum atomic E-state index is -3.45. The van der Waals surface area contributed by atoms with E-state index >= 15 is 0 Å². The van der Waals surface area contributed by atoms with Crippen molar-refractivity contribution in [1.29, 1.82) is 0 Å². The number of aryl methyl sites for hydroxylation is 1. The molecule has 1 aromatic heterocycles. The molecule has 3 rings (SSSR count). The van der Waals surface area contributed by atoms with Crippen LogP contribution in [0.4, 0.5) is 0 Å². The highest BCUT2D eigenvalue weighted by Gasteiger charge is 2.30. The van der Waals surface area contributed by atoms with E-state index < -0.39 is 10.0 Å². The van der Waals surface area contributed by atoms with E-state index in [0.717, 1.165) is 25.7 Å². The molecule has 1 amide bonds. The maximum absolute atomic E-state index is 12.4. The Morgan fingerprint density at radius 2 is 1.95 bits per heavy atom. The quantitative estimate of drug-likeness (QED) is 0.889. The molecule has 2 fully saturated rings. The van der Waals surface area contributed by atoms with Gasteiger partial charge in [-0.3, -0.25) is 4.79 Å². The SMILES string of the molecule is Cn1cc(S(=O)(=O)N2CCCC2)cc1C(=O)NC1CC1. The zero-order valence-electron chi connectivity index (χ0n) is 11.5. The van der Waals surface area contributed by atoms with Crippen molar-refractivity contribution in [3.05, 3.63) is 18.0 Å². The molecule has 1 aromatic rings. The molecule has 0 aromatic carbocycles. The van der Waals surface area contributed by atoms with Crippen molar-refractivity contribution in [2.75, 3.05) is 13.1 Å². The Morgan fingerprint density at radius 3 is 2.55 bits per heavy atom. The smallest absolute Gasteiger partial charge is 0.268 e. The zero-order chi connectivity index (χ0) is 14.3. The maximum Gasteiger partial charge on any atom is 0.268 e. The lowest BCUT2D eigenvalue weighted by molar-refractivity contribution is 0.0943. The Bertz CT molecular complexity index is 625. The van der Waals surface area contributed by atoms with Crippen molar-refractivity contribution in [3.63, 3.8) is 0 Å². The fourth-order valence-electron chi connectivity index (χ4n) is 2.47. The van der Waals surface area contributed by atoms with Crippen LogP contribution >= 0.6 is 0 Å². The van der Waals surface area contributed by atoms with E-state index in [9.17, 15) is 13.2 Å². The molecule has 6 nitrogen and oxygen atoms in total. The van der Waals surface area contributed by atoms with Crippen LogP contribution in [-0.4, -0.2) is 42.3 Å². The van der Waals surface area contributed by atoms with Gasteiger partial charge < -0.3 is 9.88 Å². The maximum atomic E-state index is 12.4. The molecule has 0 unspecified atom stereocenters. The Kier molecular flexibility index (Phi) is 3.33. The number of nitrogens with zero attached hydrogens (tertiary/aromatic N) is 2. The van der Waals surface area contributed by atoms with Crippen LogP contribution < -0.4 is 5.32 Å². The van der Waals surface area contributed by atoms with Crippen molar-refractivity contribution in [2.24, 2.45) is 7.05 Å². The number of carbonyl (C=O) groups excluding carboxylic acids is 1. The summed E-state index contributed by atoms with van der Waals surface area (Å²) in [5.74, 6) is -0.196. The standard InChI is InChI=1S/C13H19N3O3S/c1-15-9-11(20(18,19)16-6-2-3-7-16)8-12(15)13(17)14-10-4-5-10/h8-10H,2-7H2,1H3,(H,14,17). The highest BCUT2D eigenvalue weighted by molar-refractivity contribution is 7.89. The van der Waals surface area contributed by atoms with Crippen molar-refractivity contribution >= 4 is 15.9 Å². The molecular weight excluding hydrogens is 278 g/mol. The zero-order valence-corrected chi connectivity index (χ0v) is 12.3. The summed E-state index contributed by atoms with van der Waals surface area (Å²) in [4.78, 5) is 12.2. The van der Waals surface area contributed by atoms with Gasteiger partial charge in [0, 0.05) is 32.4 Å². The molecule has 1 aliphatic heterocycles. The van der Waals surface area contributed by atoms with E-state index in [-0.39, 0.29) is 16.8 Å². The number of sulfonamides is 1. The molecule has 2 heterocycles. The molecule has 0 radical (unpaired) electrons. The first-order chi connectivity index (χ1) is 9.48. The fourth-order valence-corrected chi connectivity index (χ4v) is 4.05. The third kappa shape index (κ3) is 2.47. The summed E-state index contributed by atoms with van der Waals surface area (Å²) in [6.07, 6.45) is 5.35. The van der Waals surface area contributed by atoms with Gasteiger partial charge in [0.25, 0.3) is 5.91 Å². The summed E-state index contributed by atoms with van der Waals surface area (Å²) in [7, 11) is -1.76. The molecule has 0 bridgehead atoms. The summed E-state index contributed by atoms with van der Waals surface area (Å²) >= 11 is 0. The first kappa shape index (κ1) is 13.6. The van der Waals surface area contributed by atoms with Crippen LogP contribution in [0, 0.1) is 0 Å². The van der Waals surface area contributed by atoms with E-state index in [1.807, 2.05) is 0 Å². The van der Waals surface area contributed by atoms with E-state index in [1.165, 1.54) is 16.6 Å². The Labute approximate surface area is 118 Å². The predicted molar refractivity (Wildman–Crippen MR) is 73.9 cm³/mol. The third-order valence-electron chi connectivity index (χ3n) is 3.83. The Hall–Kier alpha value is -1.34. The fraction of sp³-hybridized carbons (Fsp3) is 0.615. The van der Waals surface area contributed by atoms with E-state index in [4.69, 9.17) is 0 Å². The first-order valence-electron chi connectivity index (χ1n) is 6.96. The van der Waals surface area contributed by atoms with Crippen molar-refractivity contribution in [1.82, 2.24) is 14.2 Å². The van der Waals surface area contributed by atoms with Crippen LogP contribution in [0.5, 0.6) is 0 Å². The van der Waals surface area contributed by atoms with Crippen molar-refractivity contribution in [3.8, 4) is 0 Å². The molecule has 110 valence electrons. The second-order valence-corrected chi connectivity index (χ2v) is 7.47. The second-order valence-electron chi connectivity index (χ2n) is 5.53. The number of hydrogen-bond acceptors (Lipinski definition) is 3. The molecule has 1 N–H and O–H groups in total. The second kappa shape index (κ2) is 4.89. The summed E-state index contributed by atoms with van der Waals surface area (Å²) in [5, 5.41) is 2.88. The number of hydrogen-bond donors (Lipinski definition) is 1. The van der Waals surface area contributed by atoms with Crippen molar-refractivity contribution < 1.29 is 13.2 Å².